The summed E-state index contributed by atoms with van der Waals surface area (Å²) in [6, 6.07) is 5.28. The van der Waals surface area contributed by atoms with Crippen LogP contribution in [0.4, 0.5) is 0 Å². The number of hydrogen-bond acceptors (Lipinski definition) is 4. The lowest BCUT2D eigenvalue weighted by molar-refractivity contribution is -0.121. The van der Waals surface area contributed by atoms with Crippen molar-refractivity contribution in [2.24, 2.45) is 0 Å². The van der Waals surface area contributed by atoms with Gasteiger partial charge in [0.15, 0.2) is 5.78 Å². The van der Waals surface area contributed by atoms with Crippen LogP contribution < -0.4 is 5.32 Å². The molecule has 0 unspecified atom stereocenters. The molecule has 0 atom stereocenters. The zero-order chi connectivity index (χ0) is 14.5. The molecule has 106 valence electrons. The van der Waals surface area contributed by atoms with E-state index < -0.39 is 0 Å². The van der Waals surface area contributed by atoms with E-state index in [1.54, 1.807) is 31.4 Å². The third-order valence-electron chi connectivity index (χ3n) is 2.99. The molecule has 0 aliphatic carbocycles. The molecule has 20 heavy (non-hydrogen) atoms. The predicted octanol–water partition coefficient (Wildman–Crippen LogP) is 2.63. The lowest BCUT2D eigenvalue weighted by Gasteiger charge is -2.01. The monoisotopic (exact) mass is 275 g/mol. The number of carbonyl (C=O) groups is 2. The van der Waals surface area contributed by atoms with Gasteiger partial charge in [0.05, 0.1) is 18.4 Å². The molecule has 0 fully saturated rings. The van der Waals surface area contributed by atoms with Gasteiger partial charge in [0, 0.05) is 12.8 Å². The molecule has 0 radical (unpaired) electrons. The standard InChI is InChI=1S/C15H17NO4/c1-10(17)14-8-12(20-11(14)2)5-6-15(18)16-9-13-4-3-7-19-13/h3-4,7-8H,5-6,9H2,1-2H3,(H,16,18). The summed E-state index contributed by atoms with van der Waals surface area (Å²) < 4.78 is 10.6. The molecule has 2 aromatic heterocycles. The third-order valence-corrected chi connectivity index (χ3v) is 2.99. The second-order valence-corrected chi connectivity index (χ2v) is 4.59. The van der Waals surface area contributed by atoms with Crippen molar-refractivity contribution in [3.05, 3.63) is 47.3 Å². The van der Waals surface area contributed by atoms with Crippen molar-refractivity contribution >= 4 is 11.7 Å². The third kappa shape index (κ3) is 3.60. The van der Waals surface area contributed by atoms with E-state index in [4.69, 9.17) is 8.83 Å². The van der Waals surface area contributed by atoms with E-state index in [1.165, 1.54) is 6.92 Å². The first-order valence-corrected chi connectivity index (χ1v) is 6.45. The first-order chi connectivity index (χ1) is 9.56. The molecule has 2 rings (SSSR count). The van der Waals surface area contributed by atoms with Crippen LogP contribution in [0.5, 0.6) is 0 Å². The van der Waals surface area contributed by atoms with Gasteiger partial charge in [-0.3, -0.25) is 9.59 Å². The molecule has 0 saturated heterocycles. The zero-order valence-corrected chi connectivity index (χ0v) is 11.6. The second-order valence-electron chi connectivity index (χ2n) is 4.59. The van der Waals surface area contributed by atoms with Gasteiger partial charge in [-0.05, 0) is 32.0 Å². The molecule has 0 aromatic carbocycles. The fraction of sp³-hybridized carbons (Fsp3) is 0.333. The van der Waals surface area contributed by atoms with Crippen LogP contribution in [-0.2, 0) is 17.8 Å². The number of furan rings is 2. The minimum absolute atomic E-state index is 0.0280. The Morgan fingerprint density at radius 1 is 1.30 bits per heavy atom. The van der Waals surface area contributed by atoms with Crippen LogP contribution in [0.25, 0.3) is 0 Å². The van der Waals surface area contributed by atoms with Gasteiger partial charge in [0.1, 0.15) is 17.3 Å². The molecule has 1 N–H and O–H groups in total. The molecule has 0 bridgehead atoms. The number of aryl methyl sites for hydroxylation is 2. The van der Waals surface area contributed by atoms with Gasteiger partial charge in [-0.2, -0.15) is 0 Å². The minimum atomic E-state index is -0.0835. The first kappa shape index (κ1) is 14.1. The summed E-state index contributed by atoms with van der Waals surface area (Å²) in [7, 11) is 0. The van der Waals surface area contributed by atoms with Crippen LogP contribution in [-0.4, -0.2) is 11.7 Å². The van der Waals surface area contributed by atoms with Crippen molar-refractivity contribution in [3.8, 4) is 0 Å². The smallest absolute Gasteiger partial charge is 0.220 e. The summed E-state index contributed by atoms with van der Waals surface area (Å²) in [6.07, 6.45) is 2.35. The SMILES string of the molecule is CC(=O)c1cc(CCC(=O)NCc2ccco2)oc1C. The van der Waals surface area contributed by atoms with E-state index >= 15 is 0 Å². The van der Waals surface area contributed by atoms with Gasteiger partial charge in [-0.25, -0.2) is 0 Å². The highest BCUT2D eigenvalue weighted by atomic mass is 16.3. The highest BCUT2D eigenvalue weighted by molar-refractivity contribution is 5.95. The number of nitrogens with one attached hydrogen (secondary N) is 1. The summed E-state index contributed by atoms with van der Waals surface area (Å²) in [4.78, 5) is 23.0. The Morgan fingerprint density at radius 3 is 2.70 bits per heavy atom. The van der Waals surface area contributed by atoms with Crippen LogP contribution in [0.3, 0.4) is 0 Å². The van der Waals surface area contributed by atoms with Crippen molar-refractivity contribution in [2.45, 2.75) is 33.2 Å². The Kier molecular flexibility index (Phi) is 4.40. The minimum Gasteiger partial charge on any atom is -0.467 e. The summed E-state index contributed by atoms with van der Waals surface area (Å²) >= 11 is 0. The molecule has 0 spiro atoms. The Labute approximate surface area is 117 Å². The van der Waals surface area contributed by atoms with Crippen molar-refractivity contribution in [1.82, 2.24) is 5.32 Å². The van der Waals surface area contributed by atoms with Crippen molar-refractivity contribution in [3.63, 3.8) is 0 Å². The topological polar surface area (TPSA) is 72.5 Å². The maximum absolute atomic E-state index is 11.7. The quantitative estimate of drug-likeness (QED) is 0.822. The molecule has 1 amide bonds. The Bertz CT molecular complexity index is 595. The number of Topliss-reactive ketones (excluding diaryl/α,β-unsaturated/α-hetero) is 1. The molecular weight excluding hydrogens is 258 g/mol. The number of amides is 1. The average molecular weight is 275 g/mol. The number of rotatable bonds is 6. The molecule has 2 heterocycles. The Morgan fingerprint density at radius 2 is 2.10 bits per heavy atom. The highest BCUT2D eigenvalue weighted by Crippen LogP contribution is 2.16. The van der Waals surface area contributed by atoms with Crippen LogP contribution >= 0.6 is 0 Å². The molecule has 2 aromatic rings. The van der Waals surface area contributed by atoms with Gasteiger partial charge in [-0.1, -0.05) is 0 Å². The average Bonchev–Trinajstić information content (AvgIpc) is 3.03. The largest absolute Gasteiger partial charge is 0.467 e. The Hall–Kier alpha value is -2.30. The van der Waals surface area contributed by atoms with Crippen LogP contribution in [0.2, 0.25) is 0 Å². The van der Waals surface area contributed by atoms with E-state index in [1.807, 2.05) is 0 Å². The van der Waals surface area contributed by atoms with Gasteiger partial charge >= 0.3 is 0 Å². The van der Waals surface area contributed by atoms with Crippen LogP contribution in [0, 0.1) is 6.92 Å². The zero-order valence-electron chi connectivity index (χ0n) is 11.6. The van der Waals surface area contributed by atoms with Gasteiger partial charge < -0.3 is 14.2 Å². The van der Waals surface area contributed by atoms with Gasteiger partial charge in [-0.15, -0.1) is 0 Å². The lowest BCUT2D eigenvalue weighted by Crippen LogP contribution is -2.22. The molecule has 5 nitrogen and oxygen atoms in total. The summed E-state index contributed by atoms with van der Waals surface area (Å²) in [6.45, 7) is 3.62. The highest BCUT2D eigenvalue weighted by Gasteiger charge is 2.12. The van der Waals surface area contributed by atoms with E-state index in [2.05, 4.69) is 5.32 Å². The van der Waals surface area contributed by atoms with Crippen LogP contribution in [0.1, 0.15) is 41.0 Å². The molecule has 0 aliphatic heterocycles. The summed E-state index contributed by atoms with van der Waals surface area (Å²) in [5.74, 6) is 1.86. The fourth-order valence-corrected chi connectivity index (χ4v) is 1.94. The predicted molar refractivity (Wildman–Crippen MR) is 72.3 cm³/mol. The van der Waals surface area contributed by atoms with Gasteiger partial charge in [0.25, 0.3) is 0 Å². The van der Waals surface area contributed by atoms with E-state index in [0.29, 0.717) is 42.2 Å². The molecule has 0 saturated carbocycles. The maximum atomic E-state index is 11.7. The number of carbonyl (C=O) groups excluding carboxylic acids is 2. The lowest BCUT2D eigenvalue weighted by atomic mass is 10.1. The molecule has 0 aliphatic rings. The maximum Gasteiger partial charge on any atom is 0.220 e. The number of hydrogen-bond donors (Lipinski definition) is 1. The Balaban J connectivity index is 1.81. The summed E-state index contributed by atoms with van der Waals surface area (Å²) in [5.41, 5.74) is 0.580. The van der Waals surface area contributed by atoms with E-state index in [9.17, 15) is 9.59 Å². The van der Waals surface area contributed by atoms with Gasteiger partial charge in [0.2, 0.25) is 5.91 Å². The first-order valence-electron chi connectivity index (χ1n) is 6.45. The van der Waals surface area contributed by atoms with Crippen molar-refractivity contribution in [2.75, 3.05) is 0 Å². The molecule has 5 heteroatoms. The summed E-state index contributed by atoms with van der Waals surface area (Å²) in [5, 5.41) is 2.76. The van der Waals surface area contributed by atoms with Crippen LogP contribution in [0.15, 0.2) is 33.3 Å². The molecular formula is C15H17NO4. The second kappa shape index (κ2) is 6.23. The number of ketones is 1. The normalized spacial score (nSPS) is 10.5. The van der Waals surface area contributed by atoms with Crippen molar-refractivity contribution in [1.29, 1.82) is 0 Å². The fourth-order valence-electron chi connectivity index (χ4n) is 1.94. The van der Waals surface area contributed by atoms with Crippen molar-refractivity contribution < 1.29 is 18.4 Å². The van der Waals surface area contributed by atoms with E-state index in [-0.39, 0.29) is 11.7 Å². The van der Waals surface area contributed by atoms with E-state index in [0.717, 1.165) is 0 Å².